The fourth-order valence-electron chi connectivity index (χ4n) is 7.14. The maximum Gasteiger partial charge on any atom is 0.229 e. The van der Waals surface area contributed by atoms with Gasteiger partial charge in [0.15, 0.2) is 0 Å². The lowest BCUT2D eigenvalue weighted by atomic mass is 9.99. The number of ether oxygens (including phenoxy) is 1. The van der Waals surface area contributed by atoms with Gasteiger partial charge in [0.25, 0.3) is 0 Å². The molecule has 0 radical (unpaired) electrons. The molecule has 3 aliphatic rings. The Labute approximate surface area is 294 Å². The van der Waals surface area contributed by atoms with Crippen molar-refractivity contribution in [1.82, 2.24) is 29.7 Å². The Morgan fingerprint density at radius 2 is 1.76 bits per heavy atom. The van der Waals surface area contributed by atoms with Crippen LogP contribution in [-0.2, 0) is 6.42 Å². The summed E-state index contributed by atoms with van der Waals surface area (Å²) in [6, 6.07) is 9.59. The summed E-state index contributed by atoms with van der Waals surface area (Å²) in [6.45, 7) is 13.1. The van der Waals surface area contributed by atoms with Gasteiger partial charge in [0.05, 0.1) is 29.7 Å². The van der Waals surface area contributed by atoms with Crippen molar-refractivity contribution >= 4 is 63.6 Å². The predicted molar refractivity (Wildman–Crippen MR) is 204 cm³/mol. The van der Waals surface area contributed by atoms with Crippen LogP contribution in [0.2, 0.25) is 0 Å². The Bertz CT molecular complexity index is 1780. The molecule has 4 aromatic rings. The number of nitrogens with one attached hydrogen (secondary N) is 2. The number of benzene rings is 2. The van der Waals surface area contributed by atoms with Crippen molar-refractivity contribution < 1.29 is 4.74 Å². The van der Waals surface area contributed by atoms with Crippen molar-refractivity contribution in [3.63, 3.8) is 0 Å². The van der Waals surface area contributed by atoms with Gasteiger partial charge in [-0.2, -0.15) is 4.98 Å². The minimum Gasteiger partial charge on any atom is -0.494 e. The summed E-state index contributed by atoms with van der Waals surface area (Å²) in [6.07, 6.45) is 14.8. The van der Waals surface area contributed by atoms with Gasteiger partial charge < -0.3 is 29.5 Å². The van der Waals surface area contributed by atoms with Gasteiger partial charge in [-0.05, 0) is 62.9 Å². The van der Waals surface area contributed by atoms with E-state index in [1.54, 1.807) is 43.7 Å². The number of anilines is 6. The van der Waals surface area contributed by atoms with Crippen molar-refractivity contribution in [3.05, 3.63) is 60.6 Å². The highest BCUT2D eigenvalue weighted by Crippen LogP contribution is 2.44. The zero-order chi connectivity index (χ0) is 33.9. The second-order valence-electron chi connectivity index (χ2n) is 13.2. The predicted octanol–water partition coefficient (Wildman–Crippen LogP) is 6.58. The van der Waals surface area contributed by atoms with E-state index in [-0.39, 0.29) is 0 Å². The number of piperidine rings is 1. The number of nitrogens with zero attached hydrogens (tertiary/aromatic N) is 8. The normalized spacial score (nSPS) is 17.7. The van der Waals surface area contributed by atoms with E-state index in [0.29, 0.717) is 23.8 Å². The summed E-state index contributed by atoms with van der Waals surface area (Å²) in [5, 5.41) is 7.09. The van der Waals surface area contributed by atoms with Gasteiger partial charge in [-0.3, -0.25) is 14.9 Å². The molecule has 0 unspecified atom stereocenters. The Morgan fingerprint density at radius 1 is 0.980 bits per heavy atom. The average molecular weight is 681 g/mol. The van der Waals surface area contributed by atoms with Crippen LogP contribution < -0.4 is 24.6 Å². The molecular formula is C37H48N10OS. The molecule has 1 aliphatic carbocycles. The van der Waals surface area contributed by atoms with E-state index in [1.165, 1.54) is 50.3 Å². The standard InChI is InChI=1S/C37H48N10OS/c1-6-25-22-31(33(48-4)23-32(25)46-16-12-27(13-17-46)45-20-18-44(3)19-21-45)42-37-40-24-26(7-2)36(43-37)41-30-11-10-29-34(39-15-14-38-29)35(30)47(49-5)28-8-9-28/h7,10-11,14-15,22-24,27-28H,2,6,8-9,12-13,16-21H2,1,3-5H3,(H2,40,41,42,43). The van der Waals surface area contributed by atoms with Crippen LogP contribution in [0, 0.1) is 0 Å². The number of methoxy groups -OCH3 is 1. The van der Waals surface area contributed by atoms with Gasteiger partial charge in [0.1, 0.15) is 17.1 Å². The maximum absolute atomic E-state index is 5.96. The molecule has 0 amide bonds. The molecule has 12 heteroatoms. The van der Waals surface area contributed by atoms with E-state index in [0.717, 1.165) is 71.8 Å². The van der Waals surface area contributed by atoms with Crippen LogP contribution >= 0.6 is 11.9 Å². The van der Waals surface area contributed by atoms with Gasteiger partial charge in [0.2, 0.25) is 5.95 Å². The first kappa shape index (κ1) is 33.4. The molecule has 2 N–H and O–H groups in total. The lowest BCUT2D eigenvalue weighted by Gasteiger charge is -2.43. The first-order valence-electron chi connectivity index (χ1n) is 17.5. The Kier molecular flexibility index (Phi) is 10.1. The smallest absolute Gasteiger partial charge is 0.229 e. The molecule has 258 valence electrons. The van der Waals surface area contributed by atoms with E-state index in [9.17, 15) is 0 Å². The quantitative estimate of drug-likeness (QED) is 0.158. The maximum atomic E-state index is 5.96. The number of likely N-dealkylation sites (N-methyl/N-ethyl adjacent to an activating group) is 1. The van der Waals surface area contributed by atoms with Crippen LogP contribution in [-0.4, -0.2) is 102 Å². The highest BCUT2D eigenvalue weighted by molar-refractivity contribution is 8.00. The molecule has 1 saturated carbocycles. The molecule has 0 atom stereocenters. The van der Waals surface area contributed by atoms with Crippen molar-refractivity contribution in [2.24, 2.45) is 0 Å². The van der Waals surface area contributed by atoms with Gasteiger partial charge in [-0.15, -0.1) is 0 Å². The van der Waals surface area contributed by atoms with Crippen molar-refractivity contribution in [3.8, 4) is 5.75 Å². The molecule has 2 aliphatic heterocycles. The monoisotopic (exact) mass is 680 g/mol. The van der Waals surface area contributed by atoms with Gasteiger partial charge in [-0.1, -0.05) is 31.5 Å². The van der Waals surface area contributed by atoms with Crippen molar-refractivity contribution in [2.45, 2.75) is 51.1 Å². The zero-order valence-electron chi connectivity index (χ0n) is 29.2. The molecule has 2 aromatic carbocycles. The third kappa shape index (κ3) is 7.13. The lowest BCUT2D eigenvalue weighted by molar-refractivity contribution is 0.0982. The summed E-state index contributed by atoms with van der Waals surface area (Å²) in [4.78, 5) is 26.6. The third-order valence-corrected chi connectivity index (χ3v) is 11.0. The van der Waals surface area contributed by atoms with Crippen LogP contribution in [0.3, 0.4) is 0 Å². The molecule has 3 fully saturated rings. The first-order chi connectivity index (χ1) is 24.0. The fourth-order valence-corrected chi connectivity index (χ4v) is 8.02. The summed E-state index contributed by atoms with van der Waals surface area (Å²) in [5.74, 6) is 1.90. The molecule has 0 bridgehead atoms. The number of aromatic nitrogens is 4. The Morgan fingerprint density at radius 3 is 2.45 bits per heavy atom. The lowest BCUT2D eigenvalue weighted by Crippen LogP contribution is -2.52. The van der Waals surface area contributed by atoms with Gasteiger partial charge in [-0.25, -0.2) is 4.98 Å². The number of fused-ring (bicyclic) bond motifs is 1. The second-order valence-corrected chi connectivity index (χ2v) is 13.9. The van der Waals surface area contributed by atoms with E-state index >= 15 is 0 Å². The number of hydrogen-bond donors (Lipinski definition) is 2. The Balaban J connectivity index is 1.13. The van der Waals surface area contributed by atoms with Crippen molar-refractivity contribution in [1.29, 1.82) is 0 Å². The second kappa shape index (κ2) is 14.8. The summed E-state index contributed by atoms with van der Waals surface area (Å²) < 4.78 is 8.31. The molecule has 0 spiro atoms. The highest BCUT2D eigenvalue weighted by atomic mass is 32.2. The number of aryl methyl sites for hydroxylation is 1. The molecule has 11 nitrogen and oxygen atoms in total. The topological polar surface area (TPSA) is 97.8 Å². The SMILES string of the molecule is C=Cc1cnc(Nc2cc(CC)c(N3CCC(N4CCN(C)CC4)CC3)cc2OC)nc1Nc1ccc2nccnc2c1N(SC)C1CC1. The van der Waals surface area contributed by atoms with E-state index in [4.69, 9.17) is 14.7 Å². The highest BCUT2D eigenvalue weighted by Gasteiger charge is 2.33. The summed E-state index contributed by atoms with van der Waals surface area (Å²) in [7, 11) is 3.95. The van der Waals surface area contributed by atoms with Crippen LogP contribution in [0.25, 0.3) is 17.1 Å². The minimum absolute atomic E-state index is 0.469. The van der Waals surface area contributed by atoms with Crippen LogP contribution in [0.5, 0.6) is 5.75 Å². The van der Waals surface area contributed by atoms with E-state index < -0.39 is 0 Å². The molecule has 49 heavy (non-hydrogen) atoms. The fraction of sp³-hybridized carbons (Fsp3) is 0.459. The van der Waals surface area contributed by atoms with Crippen LogP contribution in [0.4, 0.5) is 34.5 Å². The molecule has 2 aromatic heterocycles. The largest absolute Gasteiger partial charge is 0.494 e. The number of piperazine rings is 1. The van der Waals surface area contributed by atoms with E-state index in [2.05, 4.69) is 84.6 Å². The van der Waals surface area contributed by atoms with E-state index in [1.807, 2.05) is 6.07 Å². The Hall–Kier alpha value is -4.13. The van der Waals surface area contributed by atoms with Crippen LogP contribution in [0.15, 0.2) is 49.4 Å². The summed E-state index contributed by atoms with van der Waals surface area (Å²) in [5.41, 5.74) is 7.83. The van der Waals surface area contributed by atoms with Gasteiger partial charge in [0, 0.05) is 93.5 Å². The van der Waals surface area contributed by atoms with Crippen LogP contribution in [0.1, 0.15) is 43.7 Å². The third-order valence-electron chi connectivity index (χ3n) is 10.1. The molecular weight excluding hydrogens is 633 g/mol. The molecule has 7 rings (SSSR count). The number of hydrogen-bond acceptors (Lipinski definition) is 12. The van der Waals surface area contributed by atoms with Gasteiger partial charge >= 0.3 is 0 Å². The summed E-state index contributed by atoms with van der Waals surface area (Å²) >= 11 is 1.71. The molecule has 4 heterocycles. The zero-order valence-corrected chi connectivity index (χ0v) is 30.0. The molecule has 2 saturated heterocycles. The average Bonchev–Trinajstić information content (AvgIpc) is 3.98. The van der Waals surface area contributed by atoms with Crippen molar-refractivity contribution in [2.75, 3.05) is 79.5 Å². The number of rotatable bonds is 12. The first-order valence-corrected chi connectivity index (χ1v) is 18.7. The minimum atomic E-state index is 0.469.